The van der Waals surface area contributed by atoms with Gasteiger partial charge >= 0.3 is 0 Å². The molecule has 2 heterocycles. The van der Waals surface area contributed by atoms with Gasteiger partial charge in [-0.15, -0.1) is 0 Å². The van der Waals surface area contributed by atoms with Crippen molar-refractivity contribution < 1.29 is 9.59 Å². The van der Waals surface area contributed by atoms with Gasteiger partial charge in [-0.2, -0.15) is 0 Å². The zero-order valence-electron chi connectivity index (χ0n) is 14.1. The first-order valence-corrected chi connectivity index (χ1v) is 7.92. The Bertz CT molecular complexity index is 931. The quantitative estimate of drug-likeness (QED) is 0.617. The molecule has 0 aliphatic carbocycles. The minimum Gasteiger partial charge on any atom is -0.355 e. The van der Waals surface area contributed by atoms with Gasteiger partial charge in [-0.3, -0.25) is 14.6 Å². The lowest BCUT2D eigenvalue weighted by molar-refractivity contribution is -0.111. The number of carbonyl (C=O) groups excluding carboxylic acids is 2. The van der Waals surface area contributed by atoms with Crippen molar-refractivity contribution in [3.63, 3.8) is 0 Å². The Morgan fingerprint density at radius 2 is 1.96 bits per heavy atom. The standard InChI is InChI=1S/C19H17N5O2/c1-20-19(26)15-10-13(11-21-12-15)2-7-17(25)24-16-5-3-14(4-6-16)18-22-8-9-23-18/h2-12H,1H3,(H,20,26)(H,22,23)(H,24,25)/b7-2+. The normalized spacial score (nSPS) is 10.7. The molecule has 2 aromatic heterocycles. The van der Waals surface area contributed by atoms with E-state index in [1.54, 1.807) is 49.9 Å². The van der Waals surface area contributed by atoms with Crippen molar-refractivity contribution in [2.45, 2.75) is 0 Å². The van der Waals surface area contributed by atoms with Crippen LogP contribution in [0.5, 0.6) is 0 Å². The summed E-state index contributed by atoms with van der Waals surface area (Å²) < 4.78 is 0. The van der Waals surface area contributed by atoms with Gasteiger partial charge in [-0.05, 0) is 42.0 Å². The summed E-state index contributed by atoms with van der Waals surface area (Å²) in [6, 6.07) is 9.01. The second kappa shape index (κ2) is 7.89. The van der Waals surface area contributed by atoms with Crippen molar-refractivity contribution in [2.75, 3.05) is 12.4 Å². The van der Waals surface area contributed by atoms with Gasteiger partial charge in [-0.25, -0.2) is 4.98 Å². The van der Waals surface area contributed by atoms with Crippen LogP contribution in [-0.2, 0) is 4.79 Å². The molecule has 0 fully saturated rings. The van der Waals surface area contributed by atoms with Crippen LogP contribution in [0.25, 0.3) is 17.5 Å². The Balaban J connectivity index is 1.63. The van der Waals surface area contributed by atoms with Gasteiger partial charge in [0, 0.05) is 49.2 Å². The van der Waals surface area contributed by atoms with Crippen molar-refractivity contribution in [2.24, 2.45) is 0 Å². The highest BCUT2D eigenvalue weighted by atomic mass is 16.2. The van der Waals surface area contributed by atoms with Gasteiger partial charge in [0.05, 0.1) is 5.56 Å². The van der Waals surface area contributed by atoms with Crippen LogP contribution in [0.1, 0.15) is 15.9 Å². The predicted molar refractivity (Wildman–Crippen MR) is 99.3 cm³/mol. The Morgan fingerprint density at radius 1 is 1.15 bits per heavy atom. The molecule has 0 aliphatic rings. The van der Waals surface area contributed by atoms with Crippen LogP contribution in [0.4, 0.5) is 5.69 Å². The predicted octanol–water partition coefficient (Wildman–Crippen LogP) is 2.48. The van der Waals surface area contributed by atoms with Crippen LogP contribution in [-0.4, -0.2) is 33.8 Å². The highest BCUT2D eigenvalue weighted by molar-refractivity contribution is 6.02. The Hall–Kier alpha value is -3.74. The maximum atomic E-state index is 12.1. The highest BCUT2D eigenvalue weighted by Crippen LogP contribution is 2.17. The van der Waals surface area contributed by atoms with Gasteiger partial charge < -0.3 is 15.6 Å². The van der Waals surface area contributed by atoms with E-state index in [0.717, 1.165) is 11.4 Å². The van der Waals surface area contributed by atoms with Crippen LogP contribution < -0.4 is 10.6 Å². The van der Waals surface area contributed by atoms with Crippen LogP contribution in [0.3, 0.4) is 0 Å². The zero-order chi connectivity index (χ0) is 18.4. The molecule has 3 aromatic rings. The van der Waals surface area contributed by atoms with Crippen molar-refractivity contribution >= 4 is 23.6 Å². The Kier molecular flexibility index (Phi) is 5.19. The van der Waals surface area contributed by atoms with Crippen molar-refractivity contribution in [3.05, 3.63) is 72.3 Å². The third-order valence-electron chi connectivity index (χ3n) is 3.60. The first-order chi connectivity index (χ1) is 12.7. The number of hydrogen-bond donors (Lipinski definition) is 3. The number of amides is 2. The van der Waals surface area contributed by atoms with Gasteiger partial charge in [0.25, 0.3) is 5.91 Å². The number of aromatic amines is 1. The summed E-state index contributed by atoms with van der Waals surface area (Å²) in [5, 5.41) is 5.31. The average Bonchev–Trinajstić information content (AvgIpc) is 3.21. The lowest BCUT2D eigenvalue weighted by atomic mass is 10.2. The second-order valence-corrected chi connectivity index (χ2v) is 5.42. The summed E-state index contributed by atoms with van der Waals surface area (Å²) in [6.07, 6.45) is 9.48. The van der Waals surface area contributed by atoms with Crippen LogP contribution >= 0.6 is 0 Å². The monoisotopic (exact) mass is 347 g/mol. The van der Waals surface area contributed by atoms with Crippen molar-refractivity contribution in [1.29, 1.82) is 0 Å². The van der Waals surface area contributed by atoms with E-state index in [9.17, 15) is 9.59 Å². The molecule has 0 unspecified atom stereocenters. The summed E-state index contributed by atoms with van der Waals surface area (Å²) >= 11 is 0. The minimum atomic E-state index is -0.277. The Labute approximate surface area is 150 Å². The van der Waals surface area contributed by atoms with Crippen LogP contribution in [0.2, 0.25) is 0 Å². The average molecular weight is 347 g/mol. The van der Waals surface area contributed by atoms with E-state index in [-0.39, 0.29) is 11.8 Å². The van der Waals surface area contributed by atoms with E-state index in [1.165, 1.54) is 12.3 Å². The fourth-order valence-corrected chi connectivity index (χ4v) is 2.31. The summed E-state index contributed by atoms with van der Waals surface area (Å²) in [7, 11) is 1.55. The summed E-state index contributed by atoms with van der Waals surface area (Å²) in [6.45, 7) is 0. The number of nitrogens with zero attached hydrogens (tertiary/aromatic N) is 2. The number of nitrogens with one attached hydrogen (secondary N) is 3. The number of aromatic nitrogens is 3. The molecule has 0 radical (unpaired) electrons. The number of anilines is 1. The maximum absolute atomic E-state index is 12.1. The summed E-state index contributed by atoms with van der Waals surface area (Å²) in [4.78, 5) is 34.9. The number of carbonyl (C=O) groups is 2. The molecule has 0 spiro atoms. The summed E-state index contributed by atoms with van der Waals surface area (Å²) in [5.74, 6) is 0.265. The molecule has 7 heteroatoms. The number of pyridine rings is 1. The third kappa shape index (κ3) is 4.21. The first kappa shape index (κ1) is 17.1. The topological polar surface area (TPSA) is 99.8 Å². The first-order valence-electron chi connectivity index (χ1n) is 7.92. The SMILES string of the molecule is CNC(=O)c1cncc(/C=C/C(=O)Nc2ccc(-c3ncc[nH]3)cc2)c1. The molecule has 26 heavy (non-hydrogen) atoms. The number of H-pyrrole nitrogens is 1. The molecule has 130 valence electrons. The third-order valence-corrected chi connectivity index (χ3v) is 3.60. The fourth-order valence-electron chi connectivity index (χ4n) is 2.31. The fraction of sp³-hybridized carbons (Fsp3) is 0.0526. The van der Waals surface area contributed by atoms with E-state index in [0.29, 0.717) is 16.8 Å². The molecular formula is C19H17N5O2. The molecule has 3 rings (SSSR count). The molecule has 7 nitrogen and oxygen atoms in total. The minimum absolute atomic E-state index is 0.228. The molecule has 0 saturated carbocycles. The van der Waals surface area contributed by atoms with Crippen LogP contribution in [0, 0.1) is 0 Å². The number of rotatable bonds is 5. The van der Waals surface area contributed by atoms with Gasteiger partial charge in [0.15, 0.2) is 0 Å². The van der Waals surface area contributed by atoms with E-state index in [1.807, 2.05) is 12.1 Å². The van der Waals surface area contributed by atoms with E-state index >= 15 is 0 Å². The number of benzene rings is 1. The van der Waals surface area contributed by atoms with Crippen molar-refractivity contribution in [3.8, 4) is 11.4 Å². The molecular weight excluding hydrogens is 330 g/mol. The zero-order valence-corrected chi connectivity index (χ0v) is 14.1. The highest BCUT2D eigenvalue weighted by Gasteiger charge is 2.04. The molecule has 2 amide bonds. The van der Waals surface area contributed by atoms with Crippen molar-refractivity contribution in [1.82, 2.24) is 20.3 Å². The van der Waals surface area contributed by atoms with Gasteiger partial charge in [-0.1, -0.05) is 0 Å². The number of imidazole rings is 1. The van der Waals surface area contributed by atoms with E-state index < -0.39 is 0 Å². The molecule has 0 atom stereocenters. The lowest BCUT2D eigenvalue weighted by Gasteiger charge is -2.03. The molecule has 3 N–H and O–H groups in total. The molecule has 0 aliphatic heterocycles. The summed E-state index contributed by atoms with van der Waals surface area (Å²) in [5.41, 5.74) is 2.70. The second-order valence-electron chi connectivity index (χ2n) is 5.42. The maximum Gasteiger partial charge on any atom is 0.252 e. The molecule has 0 saturated heterocycles. The lowest BCUT2D eigenvalue weighted by Crippen LogP contribution is -2.17. The van der Waals surface area contributed by atoms with Gasteiger partial charge in [0.1, 0.15) is 5.82 Å². The number of hydrogen-bond acceptors (Lipinski definition) is 4. The van der Waals surface area contributed by atoms with Gasteiger partial charge in [0.2, 0.25) is 5.91 Å². The smallest absolute Gasteiger partial charge is 0.252 e. The molecule has 1 aromatic carbocycles. The van der Waals surface area contributed by atoms with E-state index in [2.05, 4.69) is 25.6 Å². The van der Waals surface area contributed by atoms with E-state index in [4.69, 9.17) is 0 Å². The van der Waals surface area contributed by atoms with Crippen LogP contribution in [0.15, 0.2) is 61.2 Å². The largest absolute Gasteiger partial charge is 0.355 e. The molecule has 0 bridgehead atoms. The Morgan fingerprint density at radius 3 is 2.65 bits per heavy atom.